The Hall–Kier alpha value is -5.66. The molecule has 4 aromatic carbocycles. The molecule has 0 amide bonds. The number of phenolic OH excluding ortho intramolecular Hbond substituents is 2. The quantitative estimate of drug-likeness (QED) is 0.0757. The third kappa shape index (κ3) is 10.3. The van der Waals surface area contributed by atoms with Gasteiger partial charge in [-0.05, 0) is 97.5 Å². The lowest BCUT2D eigenvalue weighted by Crippen LogP contribution is -2.32. The Morgan fingerprint density at radius 1 is 0.556 bits per heavy atom. The number of aromatic amines is 2. The number of hydrogen-bond acceptors (Lipinski definition) is 10. The SMILES string of the molecule is COc1ccc(C[C@@H](C)NC[C@@H](O)c2ccc(O)c3[nH]c(=O)ccc23)cc1.COc1ccc(C[C@H](C)NC[C@H](O)c2ccc(O)c3[nH]c(=O)ccc23)cc1. The molecule has 284 valence electrons. The van der Waals surface area contributed by atoms with E-state index in [1.54, 1.807) is 38.5 Å². The van der Waals surface area contributed by atoms with Crippen molar-refractivity contribution in [3.8, 4) is 23.0 Å². The number of fused-ring (bicyclic) bond motifs is 2. The Kier molecular flexibility index (Phi) is 13.5. The van der Waals surface area contributed by atoms with E-state index < -0.39 is 12.2 Å². The van der Waals surface area contributed by atoms with Gasteiger partial charge in [0, 0.05) is 48.1 Å². The van der Waals surface area contributed by atoms with Gasteiger partial charge in [0.15, 0.2) is 0 Å². The average Bonchev–Trinajstić information content (AvgIpc) is 3.17. The first-order valence-electron chi connectivity index (χ1n) is 17.7. The van der Waals surface area contributed by atoms with Crippen LogP contribution in [0.4, 0.5) is 0 Å². The van der Waals surface area contributed by atoms with Gasteiger partial charge >= 0.3 is 0 Å². The van der Waals surface area contributed by atoms with Gasteiger partial charge in [-0.15, -0.1) is 0 Å². The maximum absolute atomic E-state index is 11.5. The summed E-state index contributed by atoms with van der Waals surface area (Å²) in [6, 6.07) is 28.5. The fourth-order valence-corrected chi connectivity index (χ4v) is 6.32. The average molecular weight is 737 g/mol. The number of methoxy groups -OCH3 is 2. The van der Waals surface area contributed by atoms with Gasteiger partial charge in [-0.25, -0.2) is 0 Å². The number of pyridine rings is 2. The molecule has 8 N–H and O–H groups in total. The highest BCUT2D eigenvalue weighted by molar-refractivity contribution is 5.88. The van der Waals surface area contributed by atoms with Gasteiger partial charge in [0.1, 0.15) is 23.0 Å². The molecule has 6 aromatic rings. The van der Waals surface area contributed by atoms with E-state index >= 15 is 0 Å². The Bertz CT molecular complexity index is 2090. The number of aliphatic hydroxyl groups excluding tert-OH is 2. The number of aromatic nitrogens is 2. The molecule has 0 fully saturated rings. The highest BCUT2D eigenvalue weighted by atomic mass is 16.5. The minimum Gasteiger partial charge on any atom is -0.506 e. The third-order valence-corrected chi connectivity index (χ3v) is 9.25. The van der Waals surface area contributed by atoms with E-state index in [1.807, 2.05) is 48.5 Å². The Morgan fingerprint density at radius 2 is 0.926 bits per heavy atom. The number of rotatable bonds is 14. The molecule has 0 saturated carbocycles. The van der Waals surface area contributed by atoms with Crippen LogP contribution in [0.1, 0.15) is 48.3 Å². The first-order valence-corrected chi connectivity index (χ1v) is 17.7. The number of phenols is 2. The summed E-state index contributed by atoms with van der Waals surface area (Å²) >= 11 is 0. The second kappa shape index (κ2) is 18.4. The van der Waals surface area contributed by atoms with Crippen LogP contribution >= 0.6 is 0 Å². The standard InChI is InChI=1S/2C21H24N2O4/c2*1-13(11-14-3-5-15(27-2)6-4-14)22-12-19(25)16-7-9-18(24)21-17(16)8-10-20(26)23-21/h2*3-10,13,19,22,24-25H,11-12H2,1-2H3,(H,23,26)/t2*13-,19-/m10/s1. The Balaban J connectivity index is 0.000000208. The number of nitrogens with one attached hydrogen (secondary N) is 4. The van der Waals surface area contributed by atoms with Crippen molar-refractivity contribution in [1.29, 1.82) is 0 Å². The highest BCUT2D eigenvalue weighted by Crippen LogP contribution is 2.30. The zero-order chi connectivity index (χ0) is 38.8. The minimum absolute atomic E-state index is 0.0144. The summed E-state index contributed by atoms with van der Waals surface area (Å²) < 4.78 is 10.3. The lowest BCUT2D eigenvalue weighted by Gasteiger charge is -2.19. The molecule has 12 nitrogen and oxygen atoms in total. The van der Waals surface area contributed by atoms with Gasteiger partial charge in [-0.3, -0.25) is 9.59 Å². The van der Waals surface area contributed by atoms with Crippen molar-refractivity contribution < 1.29 is 29.9 Å². The summed E-state index contributed by atoms with van der Waals surface area (Å²) in [6.07, 6.45) is 0.107. The zero-order valence-electron chi connectivity index (χ0n) is 30.8. The van der Waals surface area contributed by atoms with E-state index in [-0.39, 0.29) is 34.7 Å². The van der Waals surface area contributed by atoms with Crippen LogP contribution in [0.2, 0.25) is 0 Å². The summed E-state index contributed by atoms with van der Waals surface area (Å²) in [4.78, 5) is 28.2. The normalized spacial score (nSPS) is 13.4. The predicted octanol–water partition coefficient (Wildman–Crippen LogP) is 4.99. The maximum atomic E-state index is 11.5. The van der Waals surface area contributed by atoms with Crippen molar-refractivity contribution in [3.05, 3.63) is 140 Å². The van der Waals surface area contributed by atoms with Crippen LogP contribution in [0.15, 0.2) is 107 Å². The summed E-state index contributed by atoms with van der Waals surface area (Å²) in [5.41, 5.74) is 3.75. The molecule has 0 aliphatic heterocycles. The van der Waals surface area contributed by atoms with Crippen molar-refractivity contribution in [2.75, 3.05) is 27.3 Å². The van der Waals surface area contributed by atoms with Crippen LogP contribution < -0.4 is 31.2 Å². The molecule has 0 aliphatic carbocycles. The number of benzene rings is 4. The Labute approximate surface area is 313 Å². The molecule has 0 spiro atoms. The molecule has 0 bridgehead atoms. The second-order valence-electron chi connectivity index (χ2n) is 13.3. The van der Waals surface area contributed by atoms with Gasteiger partial charge < -0.3 is 50.5 Å². The van der Waals surface area contributed by atoms with Crippen molar-refractivity contribution in [1.82, 2.24) is 20.6 Å². The first-order chi connectivity index (χ1) is 25.9. The molecule has 0 unspecified atom stereocenters. The molecule has 12 heteroatoms. The van der Waals surface area contributed by atoms with Gasteiger partial charge in [0.2, 0.25) is 11.1 Å². The molecule has 4 atom stereocenters. The number of ether oxygens (including phenoxy) is 2. The zero-order valence-corrected chi connectivity index (χ0v) is 30.8. The van der Waals surface area contributed by atoms with E-state index in [1.165, 1.54) is 35.4 Å². The number of aromatic hydroxyl groups is 2. The molecule has 2 aromatic heterocycles. The maximum Gasteiger partial charge on any atom is 0.248 e. The fourth-order valence-electron chi connectivity index (χ4n) is 6.32. The molecule has 0 radical (unpaired) electrons. The topological polar surface area (TPSA) is 189 Å². The number of H-pyrrole nitrogens is 2. The second-order valence-corrected chi connectivity index (χ2v) is 13.3. The van der Waals surface area contributed by atoms with Crippen LogP contribution in [-0.2, 0) is 12.8 Å². The van der Waals surface area contributed by atoms with Crippen LogP contribution in [0, 0.1) is 0 Å². The monoisotopic (exact) mass is 736 g/mol. The van der Waals surface area contributed by atoms with Crippen LogP contribution in [0.25, 0.3) is 21.8 Å². The molecule has 0 aliphatic rings. The fraction of sp³-hybridized carbons (Fsp3) is 0.286. The molecule has 2 heterocycles. The minimum atomic E-state index is -0.766. The third-order valence-electron chi connectivity index (χ3n) is 9.25. The molecule has 6 rings (SSSR count). The van der Waals surface area contributed by atoms with Crippen LogP contribution in [-0.4, -0.2) is 69.8 Å². The summed E-state index contributed by atoms with van der Waals surface area (Å²) in [5.74, 6) is 1.62. The van der Waals surface area contributed by atoms with E-state index in [0.717, 1.165) is 24.3 Å². The van der Waals surface area contributed by atoms with Gasteiger partial charge in [-0.1, -0.05) is 36.4 Å². The van der Waals surface area contributed by atoms with Crippen LogP contribution in [0.5, 0.6) is 23.0 Å². The first kappa shape index (κ1) is 39.5. The van der Waals surface area contributed by atoms with Crippen molar-refractivity contribution >= 4 is 21.8 Å². The summed E-state index contributed by atoms with van der Waals surface area (Å²) in [6.45, 7) is 4.83. The van der Waals surface area contributed by atoms with Crippen molar-refractivity contribution in [2.45, 2.75) is 51.0 Å². The largest absolute Gasteiger partial charge is 0.506 e. The van der Waals surface area contributed by atoms with Gasteiger partial charge in [-0.2, -0.15) is 0 Å². The summed E-state index contributed by atoms with van der Waals surface area (Å²) in [5, 5.41) is 49.0. The predicted molar refractivity (Wildman–Crippen MR) is 211 cm³/mol. The number of aliphatic hydroxyl groups is 2. The molecule has 54 heavy (non-hydrogen) atoms. The molecular formula is C42H48N4O8. The molecular weight excluding hydrogens is 688 g/mol. The van der Waals surface area contributed by atoms with Crippen molar-refractivity contribution in [2.24, 2.45) is 0 Å². The van der Waals surface area contributed by atoms with Gasteiger partial charge in [0.05, 0.1) is 37.5 Å². The highest BCUT2D eigenvalue weighted by Gasteiger charge is 2.17. The van der Waals surface area contributed by atoms with Crippen LogP contribution in [0.3, 0.4) is 0 Å². The van der Waals surface area contributed by atoms with Crippen molar-refractivity contribution in [3.63, 3.8) is 0 Å². The van der Waals surface area contributed by atoms with Gasteiger partial charge in [0.25, 0.3) is 0 Å². The smallest absolute Gasteiger partial charge is 0.248 e. The molecule has 0 saturated heterocycles. The summed E-state index contributed by atoms with van der Waals surface area (Å²) in [7, 11) is 3.28. The Morgan fingerprint density at radius 3 is 1.28 bits per heavy atom. The lowest BCUT2D eigenvalue weighted by atomic mass is 10.0. The van der Waals surface area contributed by atoms with E-state index in [4.69, 9.17) is 9.47 Å². The van der Waals surface area contributed by atoms with E-state index in [9.17, 15) is 30.0 Å². The number of hydrogen-bond donors (Lipinski definition) is 8. The van der Waals surface area contributed by atoms with E-state index in [2.05, 4.69) is 34.4 Å². The van der Waals surface area contributed by atoms with E-state index in [0.29, 0.717) is 46.0 Å². The lowest BCUT2D eigenvalue weighted by molar-refractivity contribution is 0.172.